The minimum Gasteiger partial charge on any atom is -0.338 e. The zero-order valence-electron chi connectivity index (χ0n) is 1.69. The average molecular weight is 79.5 g/mol. The minimum absolute atomic E-state index is 0.946. The van der Waals surface area contributed by atoms with Gasteiger partial charge in [-0.2, -0.15) is 0 Å². The molecule has 0 N–H and O–H groups in total. The smallest absolute Gasteiger partial charge is 0.338 e. The van der Waals surface area contributed by atoms with Crippen LogP contribution in [0.4, 0.5) is 0 Å². The number of hydrogen-bond acceptors (Lipinski definition) is 2. The molecule has 3 heteroatoms. The van der Waals surface area contributed by atoms with E-state index in [-0.39, 0.29) is 0 Å². The molecule has 0 aromatic heterocycles. The molecule has 0 aliphatic carbocycles. The van der Waals surface area contributed by atoms with Crippen molar-refractivity contribution >= 4 is 18.3 Å². The van der Waals surface area contributed by atoms with E-state index in [4.69, 9.17) is 4.79 Å². The van der Waals surface area contributed by atoms with Gasteiger partial charge in [0.15, 0.2) is 0 Å². The summed E-state index contributed by atoms with van der Waals surface area (Å²) >= 11 is 4.26. The topological polar surface area (TPSA) is 26.3 Å². The third-order valence-electron chi connectivity index (χ3n) is 0.0315. The largest absolute Gasteiger partial charge is 0.437 e. The lowest BCUT2D eigenvalue weighted by Crippen LogP contribution is -1.57. The molecule has 0 atom stereocenters. The second kappa shape index (κ2) is 2.76. The van der Waals surface area contributed by atoms with Crippen LogP contribution in [0.15, 0.2) is 0 Å². The van der Waals surface area contributed by atoms with Crippen molar-refractivity contribution in [2.75, 3.05) is 0 Å². The Bertz CT molecular complexity index is 20.0. The SMILES string of the molecule is O=[C]OCl. The van der Waals surface area contributed by atoms with E-state index in [1.165, 1.54) is 0 Å². The van der Waals surface area contributed by atoms with E-state index in [0.717, 1.165) is 6.47 Å². The third kappa shape index (κ3) is 1.76. The van der Waals surface area contributed by atoms with Crippen LogP contribution >= 0.6 is 11.9 Å². The lowest BCUT2D eigenvalue weighted by atomic mass is 11.7. The van der Waals surface area contributed by atoms with Gasteiger partial charge in [-0.3, -0.25) is 0 Å². The second-order valence-corrected chi connectivity index (χ2v) is 0.315. The molecule has 0 amide bonds. The predicted octanol–water partition coefficient (Wildman–Crippen LogP) is 0.224. The van der Waals surface area contributed by atoms with Crippen LogP contribution in [0.5, 0.6) is 0 Å². The number of hydrogen-bond donors (Lipinski definition) is 0. The van der Waals surface area contributed by atoms with E-state index >= 15 is 0 Å². The third-order valence-corrected chi connectivity index (χ3v) is 0.0945. The van der Waals surface area contributed by atoms with Gasteiger partial charge in [0, 0.05) is 0 Å². The molecule has 0 unspecified atom stereocenters. The van der Waals surface area contributed by atoms with Gasteiger partial charge in [0.05, 0.1) is 0 Å². The molecule has 0 rings (SSSR count). The van der Waals surface area contributed by atoms with Crippen LogP contribution in [0.25, 0.3) is 0 Å². The summed E-state index contributed by atoms with van der Waals surface area (Å²) in [6.45, 7) is 0.946. The lowest BCUT2D eigenvalue weighted by molar-refractivity contribution is 0.465. The zero-order chi connectivity index (χ0) is 3.41. The van der Waals surface area contributed by atoms with Gasteiger partial charge in [-0.05, 0) is 0 Å². The maximum atomic E-state index is 8.69. The van der Waals surface area contributed by atoms with Crippen molar-refractivity contribution in [2.45, 2.75) is 0 Å². The van der Waals surface area contributed by atoms with Crippen LogP contribution in [0, 0.1) is 0 Å². The van der Waals surface area contributed by atoms with E-state index in [1.54, 1.807) is 0 Å². The summed E-state index contributed by atoms with van der Waals surface area (Å²) in [6.07, 6.45) is 0. The molecule has 0 aliphatic rings. The van der Waals surface area contributed by atoms with Crippen molar-refractivity contribution in [3.8, 4) is 0 Å². The Labute approximate surface area is 28.5 Å². The van der Waals surface area contributed by atoms with Gasteiger partial charge >= 0.3 is 6.47 Å². The summed E-state index contributed by atoms with van der Waals surface area (Å²) in [7, 11) is 0. The number of rotatable bonds is 1. The molecule has 2 nitrogen and oxygen atoms in total. The van der Waals surface area contributed by atoms with Crippen LogP contribution in [-0.4, -0.2) is 6.47 Å². The Morgan fingerprint density at radius 1 is 2.00 bits per heavy atom. The first-order valence-corrected chi connectivity index (χ1v) is 0.871. The second-order valence-electron chi connectivity index (χ2n) is 0.160. The van der Waals surface area contributed by atoms with Gasteiger partial charge < -0.3 is 4.29 Å². The molecular weight excluding hydrogens is 79.5 g/mol. The molecule has 4 heavy (non-hydrogen) atoms. The maximum Gasteiger partial charge on any atom is 0.437 e. The van der Waals surface area contributed by atoms with Gasteiger partial charge in [-0.1, -0.05) is 0 Å². The standard InChI is InChI=1S/CClO2/c2-4-1-3. The highest BCUT2D eigenvalue weighted by Crippen LogP contribution is 1.62. The van der Waals surface area contributed by atoms with Crippen LogP contribution in [0.3, 0.4) is 0 Å². The van der Waals surface area contributed by atoms with Crippen molar-refractivity contribution in [1.82, 2.24) is 0 Å². The first-order chi connectivity index (χ1) is 1.91. The predicted molar refractivity (Wildman–Crippen MR) is 12.6 cm³/mol. The van der Waals surface area contributed by atoms with Crippen molar-refractivity contribution in [1.29, 1.82) is 0 Å². The molecule has 23 valence electrons. The normalized spacial score (nSPS) is 5.25. The molecule has 0 aromatic rings. The van der Waals surface area contributed by atoms with Crippen LogP contribution < -0.4 is 0 Å². The summed E-state index contributed by atoms with van der Waals surface area (Å²) < 4.78 is 3.21. The molecule has 0 bridgehead atoms. The van der Waals surface area contributed by atoms with Gasteiger partial charge in [-0.15, -0.1) is 0 Å². The fourth-order valence-electron chi connectivity index (χ4n) is 0. The first kappa shape index (κ1) is 3.76. The summed E-state index contributed by atoms with van der Waals surface area (Å²) in [5.41, 5.74) is 0. The van der Waals surface area contributed by atoms with Crippen molar-refractivity contribution in [3.05, 3.63) is 0 Å². The Hall–Kier alpha value is -0.240. The zero-order valence-corrected chi connectivity index (χ0v) is 2.45. The van der Waals surface area contributed by atoms with Crippen molar-refractivity contribution in [3.63, 3.8) is 0 Å². The fourth-order valence-corrected chi connectivity index (χ4v) is 0. The monoisotopic (exact) mass is 79.0 g/mol. The molecule has 0 aliphatic heterocycles. The highest BCUT2D eigenvalue weighted by atomic mass is 35.5. The van der Waals surface area contributed by atoms with Gasteiger partial charge in [0.25, 0.3) is 0 Å². The molecular formula is CClO2. The van der Waals surface area contributed by atoms with E-state index in [9.17, 15) is 0 Å². The van der Waals surface area contributed by atoms with E-state index < -0.39 is 0 Å². The highest BCUT2D eigenvalue weighted by Gasteiger charge is 1.56. The molecule has 0 saturated carbocycles. The van der Waals surface area contributed by atoms with Gasteiger partial charge in [0.1, 0.15) is 11.9 Å². The van der Waals surface area contributed by atoms with Crippen LogP contribution in [-0.2, 0) is 9.08 Å². The van der Waals surface area contributed by atoms with Gasteiger partial charge in [-0.25, -0.2) is 4.79 Å². The van der Waals surface area contributed by atoms with Gasteiger partial charge in [0.2, 0.25) is 0 Å². The summed E-state index contributed by atoms with van der Waals surface area (Å²) in [6, 6.07) is 0. The van der Waals surface area contributed by atoms with E-state index in [0.29, 0.717) is 0 Å². The molecule has 0 spiro atoms. The molecule has 0 fully saturated rings. The quantitative estimate of drug-likeness (QED) is 0.450. The highest BCUT2D eigenvalue weighted by molar-refractivity contribution is 6.10. The molecule has 0 aromatic carbocycles. The Kier molecular flexibility index (Phi) is 2.59. The number of carbonyl (C=O) groups excluding carboxylic acids is 1. The van der Waals surface area contributed by atoms with E-state index in [2.05, 4.69) is 16.2 Å². The molecule has 0 heterocycles. The van der Waals surface area contributed by atoms with Crippen LogP contribution in [0.2, 0.25) is 0 Å². The molecule has 1 radical (unpaired) electrons. The van der Waals surface area contributed by atoms with E-state index in [1.807, 2.05) is 0 Å². The average Bonchev–Trinajstić information content (AvgIpc) is 1.37. The summed E-state index contributed by atoms with van der Waals surface area (Å²) in [4.78, 5) is 8.69. The van der Waals surface area contributed by atoms with Crippen LogP contribution in [0.1, 0.15) is 0 Å². The Balaban J connectivity index is 2.30. The van der Waals surface area contributed by atoms with Crippen molar-refractivity contribution < 1.29 is 9.08 Å². The van der Waals surface area contributed by atoms with Crippen molar-refractivity contribution in [2.24, 2.45) is 0 Å². The summed E-state index contributed by atoms with van der Waals surface area (Å²) in [5, 5.41) is 0. The minimum atomic E-state index is 0.946. The Morgan fingerprint density at radius 3 is 2.25 bits per heavy atom. The lowest BCUT2D eigenvalue weighted by Gasteiger charge is -1.55. The fraction of sp³-hybridized carbons (Fsp3) is 0. The molecule has 0 saturated heterocycles. The maximum absolute atomic E-state index is 8.69. The first-order valence-electron chi connectivity index (χ1n) is 0.563. The summed E-state index contributed by atoms with van der Waals surface area (Å²) in [5.74, 6) is 0. The Morgan fingerprint density at radius 2 is 2.25 bits per heavy atom. The number of halogens is 1.